The van der Waals surface area contributed by atoms with Gasteiger partial charge in [-0.2, -0.15) is 13.2 Å². The third-order valence-corrected chi connectivity index (χ3v) is 4.13. The molecule has 0 amide bonds. The summed E-state index contributed by atoms with van der Waals surface area (Å²) in [5.41, 5.74) is 0. The third-order valence-electron chi connectivity index (χ3n) is 4.13. The van der Waals surface area contributed by atoms with Crippen molar-refractivity contribution in [2.45, 2.75) is 45.1 Å². The molecule has 0 radical (unpaired) electrons. The van der Waals surface area contributed by atoms with Crippen molar-refractivity contribution in [3.63, 3.8) is 0 Å². The van der Waals surface area contributed by atoms with E-state index in [1.165, 1.54) is 0 Å². The highest BCUT2D eigenvalue weighted by Crippen LogP contribution is 2.35. The van der Waals surface area contributed by atoms with Gasteiger partial charge in [0.25, 0.3) is 0 Å². The van der Waals surface area contributed by atoms with E-state index in [0.29, 0.717) is 5.92 Å². The van der Waals surface area contributed by atoms with Crippen LogP contribution in [-0.2, 0) is 13.1 Å². The molecule has 1 aliphatic heterocycles. The number of tetrazole rings is 1. The van der Waals surface area contributed by atoms with Crippen molar-refractivity contribution in [3.05, 3.63) is 30.0 Å². The Balaban J connectivity index is 1.77. The third kappa shape index (κ3) is 3.90. The van der Waals surface area contributed by atoms with Crippen LogP contribution in [-0.4, -0.2) is 37.8 Å². The number of hydrogen-bond donors (Lipinski definition) is 0. The van der Waals surface area contributed by atoms with Crippen molar-refractivity contribution in [2.24, 2.45) is 5.92 Å². The Morgan fingerprint density at radius 1 is 1.39 bits per heavy atom. The van der Waals surface area contributed by atoms with Gasteiger partial charge in [-0.05, 0) is 47.9 Å². The molecule has 0 N–H and O–H groups in total. The fourth-order valence-corrected chi connectivity index (χ4v) is 2.97. The topological polar surface area (TPSA) is 60.0 Å². The van der Waals surface area contributed by atoms with Crippen molar-refractivity contribution in [3.8, 4) is 0 Å². The lowest BCUT2D eigenvalue weighted by Crippen LogP contribution is -2.36. The average Bonchev–Trinajstić information content (AvgIpc) is 3.11. The molecule has 23 heavy (non-hydrogen) atoms. The Labute approximate surface area is 131 Å². The highest BCUT2D eigenvalue weighted by molar-refractivity contribution is 5.06. The summed E-state index contributed by atoms with van der Waals surface area (Å²) in [5, 5.41) is 10.6. The maximum Gasteiger partial charge on any atom is 0.408 e. The van der Waals surface area contributed by atoms with Crippen LogP contribution >= 0.6 is 0 Å². The predicted octanol–water partition coefficient (Wildman–Crippen LogP) is 2.80. The molecule has 3 rings (SSSR count). The molecule has 0 aromatic carbocycles. The smallest absolute Gasteiger partial charge is 0.408 e. The van der Waals surface area contributed by atoms with Crippen LogP contribution in [0, 0.1) is 5.92 Å². The molecule has 0 aliphatic carbocycles. The van der Waals surface area contributed by atoms with E-state index in [1.807, 2.05) is 12.1 Å². The zero-order valence-electron chi connectivity index (χ0n) is 12.7. The molecule has 0 bridgehead atoms. The fourth-order valence-electron chi connectivity index (χ4n) is 2.97. The first-order valence-corrected chi connectivity index (χ1v) is 7.51. The Bertz CT molecular complexity index is 625. The zero-order chi connectivity index (χ0) is 16.4. The molecule has 126 valence electrons. The normalized spacial score (nSPS) is 23.3. The summed E-state index contributed by atoms with van der Waals surface area (Å²) >= 11 is 0. The van der Waals surface area contributed by atoms with Gasteiger partial charge in [-0.15, -0.1) is 5.10 Å². The van der Waals surface area contributed by atoms with Gasteiger partial charge >= 0.3 is 6.18 Å². The summed E-state index contributed by atoms with van der Waals surface area (Å²) in [6.45, 7) is 2.03. The van der Waals surface area contributed by atoms with Crippen LogP contribution in [0.5, 0.6) is 0 Å². The highest BCUT2D eigenvalue weighted by Gasteiger charge is 2.33. The highest BCUT2D eigenvalue weighted by atomic mass is 19.4. The number of likely N-dealkylation sites (tertiary alicyclic amines) is 1. The van der Waals surface area contributed by atoms with Gasteiger partial charge in [0.1, 0.15) is 12.3 Å². The van der Waals surface area contributed by atoms with Crippen molar-refractivity contribution >= 4 is 0 Å². The second-order valence-corrected chi connectivity index (χ2v) is 6.00. The molecular formula is C14H18F3N5O. The van der Waals surface area contributed by atoms with Crippen LogP contribution in [0.15, 0.2) is 22.8 Å². The Morgan fingerprint density at radius 2 is 2.22 bits per heavy atom. The fraction of sp³-hybridized carbons (Fsp3) is 0.643. The molecule has 1 fully saturated rings. The number of halogens is 3. The zero-order valence-corrected chi connectivity index (χ0v) is 12.7. The van der Waals surface area contributed by atoms with Gasteiger partial charge in [-0.3, -0.25) is 4.90 Å². The number of aromatic nitrogens is 4. The van der Waals surface area contributed by atoms with Gasteiger partial charge in [-0.25, -0.2) is 4.68 Å². The lowest BCUT2D eigenvalue weighted by Gasteiger charge is -2.36. The molecule has 2 aromatic rings. The predicted molar refractivity (Wildman–Crippen MR) is 74.1 cm³/mol. The molecule has 0 spiro atoms. The summed E-state index contributed by atoms with van der Waals surface area (Å²) in [7, 11) is 0. The van der Waals surface area contributed by atoms with Gasteiger partial charge in [0.15, 0.2) is 5.82 Å². The minimum Gasteiger partial charge on any atom is -0.468 e. The van der Waals surface area contributed by atoms with Gasteiger partial charge in [0, 0.05) is 0 Å². The van der Waals surface area contributed by atoms with E-state index >= 15 is 0 Å². The molecule has 6 nitrogen and oxygen atoms in total. The molecular weight excluding hydrogens is 311 g/mol. The second-order valence-electron chi connectivity index (χ2n) is 6.00. The van der Waals surface area contributed by atoms with Crippen LogP contribution in [0.4, 0.5) is 13.2 Å². The molecule has 2 atom stereocenters. The SMILES string of the molecule is C[C@H]1CCN(Cc2nnnn2CC(F)(F)F)[C@@H](c2ccco2)C1. The van der Waals surface area contributed by atoms with E-state index in [4.69, 9.17) is 4.42 Å². The van der Waals surface area contributed by atoms with E-state index in [2.05, 4.69) is 27.3 Å². The largest absolute Gasteiger partial charge is 0.468 e. The van der Waals surface area contributed by atoms with Gasteiger partial charge in [0.05, 0.1) is 18.8 Å². The van der Waals surface area contributed by atoms with Crippen LogP contribution in [0.2, 0.25) is 0 Å². The quantitative estimate of drug-likeness (QED) is 0.863. The number of alkyl halides is 3. The maximum absolute atomic E-state index is 12.6. The van der Waals surface area contributed by atoms with Crippen LogP contribution in [0.3, 0.4) is 0 Å². The van der Waals surface area contributed by atoms with E-state index in [1.54, 1.807) is 6.26 Å². The lowest BCUT2D eigenvalue weighted by molar-refractivity contribution is -0.143. The minimum atomic E-state index is -4.35. The number of piperidine rings is 1. The summed E-state index contributed by atoms with van der Waals surface area (Å²) in [5.74, 6) is 1.58. The van der Waals surface area contributed by atoms with Gasteiger partial charge in [0.2, 0.25) is 0 Å². The van der Waals surface area contributed by atoms with E-state index in [-0.39, 0.29) is 18.4 Å². The lowest BCUT2D eigenvalue weighted by atomic mass is 9.91. The van der Waals surface area contributed by atoms with Crippen LogP contribution < -0.4 is 0 Å². The summed E-state index contributed by atoms with van der Waals surface area (Å²) < 4.78 is 44.1. The number of nitrogens with zero attached hydrogens (tertiary/aromatic N) is 5. The summed E-state index contributed by atoms with van der Waals surface area (Å²) in [6.07, 6.45) is -0.853. The Hall–Kier alpha value is -1.90. The summed E-state index contributed by atoms with van der Waals surface area (Å²) in [4.78, 5) is 2.08. The molecule has 1 saturated heterocycles. The van der Waals surface area contributed by atoms with Crippen molar-refractivity contribution < 1.29 is 17.6 Å². The molecule has 1 aliphatic rings. The monoisotopic (exact) mass is 329 g/mol. The maximum atomic E-state index is 12.6. The van der Waals surface area contributed by atoms with E-state index in [0.717, 1.165) is 29.8 Å². The van der Waals surface area contributed by atoms with E-state index in [9.17, 15) is 13.2 Å². The first-order chi connectivity index (χ1) is 10.9. The molecule has 0 unspecified atom stereocenters. The van der Waals surface area contributed by atoms with Gasteiger partial charge < -0.3 is 4.42 Å². The summed E-state index contributed by atoms with van der Waals surface area (Å²) in [6, 6.07) is 3.75. The number of furan rings is 1. The molecule has 3 heterocycles. The van der Waals surface area contributed by atoms with Crippen molar-refractivity contribution in [2.75, 3.05) is 6.54 Å². The first-order valence-electron chi connectivity index (χ1n) is 7.51. The Morgan fingerprint density at radius 3 is 2.91 bits per heavy atom. The standard InChI is InChI=1S/C14H18F3N5O/c1-10-4-5-21(11(7-10)12-3-2-6-23-12)8-13-18-19-20-22(13)9-14(15,16)17/h2-3,6,10-11H,4-5,7-9H2,1H3/t10-,11+/m0/s1. The van der Waals surface area contributed by atoms with Gasteiger partial charge in [-0.1, -0.05) is 6.92 Å². The number of hydrogen-bond acceptors (Lipinski definition) is 5. The molecule has 2 aromatic heterocycles. The molecule has 0 saturated carbocycles. The van der Waals surface area contributed by atoms with Crippen molar-refractivity contribution in [1.29, 1.82) is 0 Å². The average molecular weight is 329 g/mol. The van der Waals surface area contributed by atoms with Crippen LogP contribution in [0.25, 0.3) is 0 Å². The van der Waals surface area contributed by atoms with Crippen molar-refractivity contribution in [1.82, 2.24) is 25.1 Å². The molecule has 9 heteroatoms. The second kappa shape index (κ2) is 6.31. The van der Waals surface area contributed by atoms with E-state index < -0.39 is 12.7 Å². The first kappa shape index (κ1) is 16.0. The Kier molecular flexibility index (Phi) is 4.38. The van der Waals surface area contributed by atoms with Crippen LogP contribution in [0.1, 0.15) is 37.4 Å². The number of rotatable bonds is 4. The minimum absolute atomic E-state index is 0.0322.